The summed E-state index contributed by atoms with van der Waals surface area (Å²) in [5.41, 5.74) is 2.84. The van der Waals surface area contributed by atoms with Crippen LogP contribution in [0.25, 0.3) is 6.08 Å². The number of ether oxygens (including phenoxy) is 1. The summed E-state index contributed by atoms with van der Waals surface area (Å²) in [4.78, 5) is 10.7. The van der Waals surface area contributed by atoms with E-state index in [1.54, 1.807) is 0 Å². The Morgan fingerprint density at radius 1 is 1.14 bits per heavy atom. The summed E-state index contributed by atoms with van der Waals surface area (Å²) in [6.45, 7) is 3.97. The summed E-state index contributed by atoms with van der Waals surface area (Å²) in [6, 6.07) is 11.5. The van der Waals surface area contributed by atoms with Crippen LogP contribution in [-0.4, -0.2) is 11.1 Å². The molecule has 0 aliphatic heterocycles. The summed E-state index contributed by atoms with van der Waals surface area (Å²) in [7, 11) is 0. The van der Waals surface area contributed by atoms with Crippen LogP contribution >= 0.6 is 15.9 Å². The summed E-state index contributed by atoms with van der Waals surface area (Å²) in [6.07, 6.45) is 2.62. The lowest BCUT2D eigenvalue weighted by atomic mass is 10.1. The number of carboxylic acid groups (broad SMARTS) is 1. The number of carboxylic acids is 1. The summed E-state index contributed by atoms with van der Waals surface area (Å²) < 4.78 is 6.83. The Labute approximate surface area is 132 Å². The van der Waals surface area contributed by atoms with Gasteiger partial charge < -0.3 is 9.84 Å². The molecule has 0 heterocycles. The average molecular weight is 347 g/mol. The van der Waals surface area contributed by atoms with Gasteiger partial charge in [-0.1, -0.05) is 34.1 Å². The molecule has 0 bridgehead atoms. The highest BCUT2D eigenvalue weighted by Gasteiger charge is 2.07. The monoisotopic (exact) mass is 346 g/mol. The molecule has 0 atom stereocenters. The van der Waals surface area contributed by atoms with Gasteiger partial charge in [0.25, 0.3) is 0 Å². The second-order valence-electron chi connectivity index (χ2n) is 4.72. The number of hydrogen-bond donors (Lipinski definition) is 1. The molecule has 21 heavy (non-hydrogen) atoms. The van der Waals surface area contributed by atoms with Crippen molar-refractivity contribution in [2.24, 2.45) is 0 Å². The molecule has 0 radical (unpaired) electrons. The van der Waals surface area contributed by atoms with Crippen molar-refractivity contribution >= 4 is 28.0 Å². The predicted octanol–water partition coefficient (Wildman–Crippen LogP) is 4.96. The molecule has 108 valence electrons. The van der Waals surface area contributed by atoms with Gasteiger partial charge in [0.1, 0.15) is 11.5 Å². The van der Waals surface area contributed by atoms with Gasteiger partial charge in [0, 0.05) is 16.1 Å². The summed E-state index contributed by atoms with van der Waals surface area (Å²) >= 11 is 3.40. The maximum atomic E-state index is 10.7. The SMILES string of the molecule is Cc1ccc(C)c(Oc2cc(Br)ccc2/C=C/C(=O)O)c1. The van der Waals surface area contributed by atoms with Crippen molar-refractivity contribution in [3.63, 3.8) is 0 Å². The number of rotatable bonds is 4. The molecule has 2 rings (SSSR count). The first-order chi connectivity index (χ1) is 9.95. The Morgan fingerprint density at radius 2 is 1.90 bits per heavy atom. The quantitative estimate of drug-likeness (QED) is 0.796. The smallest absolute Gasteiger partial charge is 0.328 e. The Kier molecular flexibility index (Phi) is 4.81. The van der Waals surface area contributed by atoms with Gasteiger partial charge in [-0.05, 0) is 49.2 Å². The zero-order valence-electron chi connectivity index (χ0n) is 11.8. The number of halogens is 1. The number of aryl methyl sites for hydroxylation is 2. The minimum Gasteiger partial charge on any atom is -0.478 e. The van der Waals surface area contributed by atoms with Crippen LogP contribution in [0.4, 0.5) is 0 Å². The van der Waals surface area contributed by atoms with Crippen molar-refractivity contribution in [1.29, 1.82) is 0 Å². The lowest BCUT2D eigenvalue weighted by molar-refractivity contribution is -0.131. The van der Waals surface area contributed by atoms with Crippen molar-refractivity contribution in [1.82, 2.24) is 0 Å². The third-order valence-electron chi connectivity index (χ3n) is 2.94. The fraction of sp³-hybridized carbons (Fsp3) is 0.118. The Hall–Kier alpha value is -2.07. The van der Waals surface area contributed by atoms with Crippen LogP contribution in [0.1, 0.15) is 16.7 Å². The molecule has 0 amide bonds. The van der Waals surface area contributed by atoms with Gasteiger partial charge in [0.05, 0.1) is 0 Å². The Balaban J connectivity index is 2.40. The first kappa shape index (κ1) is 15.3. The van der Waals surface area contributed by atoms with Crippen LogP contribution in [-0.2, 0) is 4.79 Å². The molecule has 0 unspecified atom stereocenters. The standard InChI is InChI=1S/C17H15BrO3/c1-11-3-4-12(2)15(9-11)21-16-10-14(18)7-5-13(16)6-8-17(19)20/h3-10H,1-2H3,(H,19,20)/b8-6+. The maximum Gasteiger partial charge on any atom is 0.328 e. The summed E-state index contributed by atoms with van der Waals surface area (Å²) in [5, 5.41) is 8.75. The molecule has 0 saturated carbocycles. The molecular formula is C17H15BrO3. The number of carbonyl (C=O) groups is 1. The molecule has 0 aliphatic rings. The van der Waals surface area contributed by atoms with Crippen LogP contribution in [0.3, 0.4) is 0 Å². The molecule has 0 saturated heterocycles. The van der Waals surface area contributed by atoms with E-state index in [0.29, 0.717) is 11.3 Å². The fourth-order valence-corrected chi connectivity index (χ4v) is 2.17. The third-order valence-corrected chi connectivity index (χ3v) is 3.44. The number of aliphatic carboxylic acids is 1. The Bertz CT molecular complexity index is 705. The van der Waals surface area contributed by atoms with Gasteiger partial charge in [0.2, 0.25) is 0 Å². The molecule has 0 aromatic heterocycles. The minimum absolute atomic E-state index is 0.607. The van der Waals surface area contributed by atoms with Gasteiger partial charge in [-0.3, -0.25) is 0 Å². The van der Waals surface area contributed by atoms with E-state index in [-0.39, 0.29) is 0 Å². The van der Waals surface area contributed by atoms with E-state index in [1.807, 2.05) is 50.2 Å². The van der Waals surface area contributed by atoms with Crippen molar-refractivity contribution in [2.75, 3.05) is 0 Å². The molecule has 1 N–H and O–H groups in total. The van der Waals surface area contributed by atoms with E-state index in [1.165, 1.54) is 6.08 Å². The number of hydrogen-bond acceptors (Lipinski definition) is 2. The van der Waals surface area contributed by atoms with E-state index in [2.05, 4.69) is 15.9 Å². The van der Waals surface area contributed by atoms with Crippen LogP contribution in [0.5, 0.6) is 11.5 Å². The van der Waals surface area contributed by atoms with E-state index >= 15 is 0 Å². The second-order valence-corrected chi connectivity index (χ2v) is 5.64. The zero-order chi connectivity index (χ0) is 15.4. The highest BCUT2D eigenvalue weighted by Crippen LogP contribution is 2.31. The van der Waals surface area contributed by atoms with Crippen LogP contribution in [0.15, 0.2) is 46.9 Å². The first-order valence-corrected chi connectivity index (χ1v) is 7.20. The van der Waals surface area contributed by atoms with Crippen molar-refractivity contribution < 1.29 is 14.6 Å². The highest BCUT2D eigenvalue weighted by molar-refractivity contribution is 9.10. The van der Waals surface area contributed by atoms with Crippen LogP contribution in [0.2, 0.25) is 0 Å². The zero-order valence-corrected chi connectivity index (χ0v) is 13.3. The van der Waals surface area contributed by atoms with Crippen molar-refractivity contribution in [2.45, 2.75) is 13.8 Å². The van der Waals surface area contributed by atoms with E-state index in [4.69, 9.17) is 9.84 Å². The highest BCUT2D eigenvalue weighted by atomic mass is 79.9. The van der Waals surface area contributed by atoms with E-state index in [9.17, 15) is 4.79 Å². The molecular weight excluding hydrogens is 332 g/mol. The van der Waals surface area contributed by atoms with Crippen molar-refractivity contribution in [3.05, 3.63) is 63.6 Å². The third kappa shape index (κ3) is 4.20. The second kappa shape index (κ2) is 6.59. The molecule has 2 aromatic carbocycles. The van der Waals surface area contributed by atoms with Crippen molar-refractivity contribution in [3.8, 4) is 11.5 Å². The topological polar surface area (TPSA) is 46.5 Å². The maximum absolute atomic E-state index is 10.7. The largest absolute Gasteiger partial charge is 0.478 e. The predicted molar refractivity (Wildman–Crippen MR) is 86.8 cm³/mol. The van der Waals surface area contributed by atoms with Gasteiger partial charge in [-0.2, -0.15) is 0 Å². The van der Waals surface area contributed by atoms with E-state index in [0.717, 1.165) is 27.4 Å². The average Bonchev–Trinajstić information content (AvgIpc) is 2.42. The van der Waals surface area contributed by atoms with Gasteiger partial charge >= 0.3 is 5.97 Å². The Morgan fingerprint density at radius 3 is 2.62 bits per heavy atom. The molecule has 3 nitrogen and oxygen atoms in total. The molecule has 2 aromatic rings. The first-order valence-electron chi connectivity index (χ1n) is 6.41. The normalized spacial score (nSPS) is 10.8. The van der Waals surface area contributed by atoms with Crippen LogP contribution < -0.4 is 4.74 Å². The molecule has 4 heteroatoms. The number of benzene rings is 2. The lowest BCUT2D eigenvalue weighted by Gasteiger charge is -2.12. The molecule has 0 spiro atoms. The molecule has 0 aliphatic carbocycles. The van der Waals surface area contributed by atoms with Gasteiger partial charge in [-0.25, -0.2) is 4.79 Å². The fourth-order valence-electron chi connectivity index (χ4n) is 1.83. The minimum atomic E-state index is -0.990. The molecule has 0 fully saturated rings. The summed E-state index contributed by atoms with van der Waals surface area (Å²) in [5.74, 6) is 0.379. The van der Waals surface area contributed by atoms with Gasteiger partial charge in [-0.15, -0.1) is 0 Å². The van der Waals surface area contributed by atoms with Gasteiger partial charge in [0.15, 0.2) is 0 Å². The lowest BCUT2D eigenvalue weighted by Crippen LogP contribution is -1.92. The van der Waals surface area contributed by atoms with Crippen LogP contribution in [0, 0.1) is 13.8 Å². The van der Waals surface area contributed by atoms with E-state index < -0.39 is 5.97 Å².